The smallest absolute Gasteiger partial charge is 0.272 e. The number of amides is 1. The van der Waals surface area contributed by atoms with Crippen molar-refractivity contribution in [1.29, 1.82) is 0 Å². The molecule has 1 fully saturated rings. The molecule has 0 bridgehead atoms. The second-order valence-corrected chi connectivity index (χ2v) is 6.19. The van der Waals surface area contributed by atoms with Crippen molar-refractivity contribution in [2.24, 2.45) is 0 Å². The number of aromatic nitrogens is 2. The van der Waals surface area contributed by atoms with Gasteiger partial charge in [0.1, 0.15) is 5.69 Å². The molecule has 1 aromatic carbocycles. The van der Waals surface area contributed by atoms with Crippen molar-refractivity contribution in [3.05, 3.63) is 59.9 Å². The highest BCUT2D eigenvalue weighted by molar-refractivity contribution is 5.92. The van der Waals surface area contributed by atoms with Gasteiger partial charge in [-0.25, -0.2) is 0 Å². The fourth-order valence-electron chi connectivity index (χ4n) is 3.08. The van der Waals surface area contributed by atoms with E-state index < -0.39 is 0 Å². The maximum absolute atomic E-state index is 13.0. The summed E-state index contributed by atoms with van der Waals surface area (Å²) in [7, 11) is 0. The second kappa shape index (κ2) is 8.62. The van der Waals surface area contributed by atoms with Crippen molar-refractivity contribution in [2.75, 3.05) is 19.7 Å². The lowest BCUT2D eigenvalue weighted by atomic mass is 10.2. The zero-order chi connectivity index (χ0) is 17.5. The molecule has 2 heterocycles. The van der Waals surface area contributed by atoms with Crippen LogP contribution in [0.25, 0.3) is 6.08 Å². The van der Waals surface area contributed by atoms with Gasteiger partial charge >= 0.3 is 0 Å². The van der Waals surface area contributed by atoms with E-state index in [1.54, 1.807) is 16.9 Å². The molecule has 0 spiro atoms. The van der Waals surface area contributed by atoms with E-state index in [1.165, 1.54) is 0 Å². The fourth-order valence-corrected chi connectivity index (χ4v) is 3.08. The van der Waals surface area contributed by atoms with Gasteiger partial charge in [-0.1, -0.05) is 42.5 Å². The Morgan fingerprint density at radius 1 is 1.36 bits per heavy atom. The Morgan fingerprint density at radius 3 is 2.92 bits per heavy atom. The van der Waals surface area contributed by atoms with Crippen LogP contribution in [-0.2, 0) is 11.3 Å². The topological polar surface area (TPSA) is 47.4 Å². The molecular formula is C20H25N3O2. The van der Waals surface area contributed by atoms with E-state index >= 15 is 0 Å². The molecular weight excluding hydrogens is 314 g/mol. The Labute approximate surface area is 148 Å². The average Bonchev–Trinajstić information content (AvgIpc) is 3.32. The molecule has 1 aliphatic heterocycles. The number of nitrogens with zero attached hydrogens (tertiary/aromatic N) is 3. The predicted octanol–water partition coefficient (Wildman–Crippen LogP) is 3.24. The van der Waals surface area contributed by atoms with E-state index in [1.807, 2.05) is 42.2 Å². The molecule has 1 saturated heterocycles. The Balaban J connectivity index is 1.72. The number of aryl methyl sites for hydroxylation is 1. The molecule has 2 aromatic rings. The molecule has 0 saturated carbocycles. The minimum absolute atomic E-state index is 0.00700. The number of ether oxygens (including phenoxy) is 1. The lowest BCUT2D eigenvalue weighted by Gasteiger charge is -2.24. The fraction of sp³-hybridized carbons (Fsp3) is 0.400. The first kappa shape index (κ1) is 17.4. The van der Waals surface area contributed by atoms with Crippen LogP contribution in [0.15, 0.2) is 48.7 Å². The summed E-state index contributed by atoms with van der Waals surface area (Å²) in [5, 5.41) is 4.22. The zero-order valence-corrected chi connectivity index (χ0v) is 14.7. The molecule has 0 radical (unpaired) electrons. The Morgan fingerprint density at radius 2 is 2.20 bits per heavy atom. The third kappa shape index (κ3) is 4.57. The standard InChI is InChI=1S/C20H25N3O2/c1-2-23-19(12-13-21-23)20(24)22(16-18-11-7-15-25-18)14-6-10-17-8-4-3-5-9-17/h3-6,8-10,12-13,18H,2,7,11,14-16H2,1H3/b10-6+. The molecule has 5 heteroatoms. The van der Waals surface area contributed by atoms with E-state index in [9.17, 15) is 4.79 Å². The summed E-state index contributed by atoms with van der Waals surface area (Å²) in [6.45, 7) is 4.64. The molecule has 1 unspecified atom stereocenters. The summed E-state index contributed by atoms with van der Waals surface area (Å²) in [6.07, 6.45) is 7.98. The van der Waals surface area contributed by atoms with E-state index in [4.69, 9.17) is 4.74 Å². The third-order valence-electron chi connectivity index (χ3n) is 4.41. The van der Waals surface area contributed by atoms with Gasteiger partial charge < -0.3 is 9.64 Å². The number of hydrogen-bond acceptors (Lipinski definition) is 3. The average molecular weight is 339 g/mol. The van der Waals surface area contributed by atoms with E-state index in [-0.39, 0.29) is 12.0 Å². The summed E-state index contributed by atoms with van der Waals surface area (Å²) >= 11 is 0. The van der Waals surface area contributed by atoms with Gasteiger partial charge in [-0.3, -0.25) is 9.48 Å². The van der Waals surface area contributed by atoms with Crippen LogP contribution in [0.5, 0.6) is 0 Å². The van der Waals surface area contributed by atoms with Crippen molar-refractivity contribution < 1.29 is 9.53 Å². The first-order valence-corrected chi connectivity index (χ1v) is 8.92. The molecule has 1 aromatic heterocycles. The summed E-state index contributed by atoms with van der Waals surface area (Å²) in [4.78, 5) is 14.9. The van der Waals surface area contributed by atoms with Gasteiger partial charge in [-0.05, 0) is 31.4 Å². The van der Waals surface area contributed by atoms with E-state index in [0.717, 1.165) is 25.0 Å². The lowest BCUT2D eigenvalue weighted by molar-refractivity contribution is 0.0545. The van der Waals surface area contributed by atoms with E-state index in [2.05, 4.69) is 17.2 Å². The highest BCUT2D eigenvalue weighted by Crippen LogP contribution is 2.15. The third-order valence-corrected chi connectivity index (χ3v) is 4.41. The van der Waals surface area contributed by atoms with Gasteiger partial charge in [-0.15, -0.1) is 0 Å². The molecule has 3 rings (SSSR count). The van der Waals surface area contributed by atoms with Gasteiger partial charge in [-0.2, -0.15) is 5.10 Å². The SMILES string of the molecule is CCn1nccc1C(=O)N(C/C=C/c1ccccc1)CC1CCCO1. The summed E-state index contributed by atoms with van der Waals surface area (Å²) in [6, 6.07) is 11.9. The maximum Gasteiger partial charge on any atom is 0.272 e. The van der Waals surface area contributed by atoms with Crippen LogP contribution in [0.2, 0.25) is 0 Å². The Bertz CT molecular complexity index is 703. The number of hydrogen-bond donors (Lipinski definition) is 0. The summed E-state index contributed by atoms with van der Waals surface area (Å²) in [5.74, 6) is 0.00700. The number of rotatable bonds is 7. The van der Waals surface area contributed by atoms with Crippen molar-refractivity contribution in [3.8, 4) is 0 Å². The van der Waals surface area contributed by atoms with Crippen molar-refractivity contribution in [3.63, 3.8) is 0 Å². The summed E-state index contributed by atoms with van der Waals surface area (Å²) < 4.78 is 7.47. The van der Waals surface area contributed by atoms with Crippen molar-refractivity contribution in [2.45, 2.75) is 32.4 Å². The lowest BCUT2D eigenvalue weighted by Crippen LogP contribution is -2.38. The molecule has 1 atom stereocenters. The first-order chi connectivity index (χ1) is 12.3. The van der Waals surface area contributed by atoms with Crippen LogP contribution in [0.4, 0.5) is 0 Å². The van der Waals surface area contributed by atoms with Crippen LogP contribution >= 0.6 is 0 Å². The predicted molar refractivity (Wildman–Crippen MR) is 98.3 cm³/mol. The highest BCUT2D eigenvalue weighted by atomic mass is 16.5. The zero-order valence-electron chi connectivity index (χ0n) is 14.7. The largest absolute Gasteiger partial charge is 0.376 e. The number of carbonyl (C=O) groups is 1. The van der Waals surface area contributed by atoms with Crippen molar-refractivity contribution >= 4 is 12.0 Å². The number of carbonyl (C=O) groups excluding carboxylic acids is 1. The second-order valence-electron chi connectivity index (χ2n) is 6.19. The minimum atomic E-state index is 0.00700. The molecule has 0 aliphatic carbocycles. The summed E-state index contributed by atoms with van der Waals surface area (Å²) in [5.41, 5.74) is 1.76. The van der Waals surface area contributed by atoms with Gasteiger partial charge in [0.15, 0.2) is 0 Å². The minimum Gasteiger partial charge on any atom is -0.376 e. The molecule has 1 amide bonds. The maximum atomic E-state index is 13.0. The molecule has 0 N–H and O–H groups in total. The first-order valence-electron chi connectivity index (χ1n) is 8.92. The quantitative estimate of drug-likeness (QED) is 0.778. The highest BCUT2D eigenvalue weighted by Gasteiger charge is 2.24. The van der Waals surface area contributed by atoms with Gasteiger partial charge in [0.25, 0.3) is 5.91 Å². The van der Waals surface area contributed by atoms with Crippen LogP contribution in [0.3, 0.4) is 0 Å². The van der Waals surface area contributed by atoms with Gasteiger partial charge in [0, 0.05) is 32.4 Å². The Kier molecular flexibility index (Phi) is 6.01. The van der Waals surface area contributed by atoms with Gasteiger partial charge in [0.05, 0.1) is 6.10 Å². The van der Waals surface area contributed by atoms with Crippen LogP contribution in [0, 0.1) is 0 Å². The normalized spacial score (nSPS) is 17.2. The van der Waals surface area contributed by atoms with E-state index in [0.29, 0.717) is 25.3 Å². The Hall–Kier alpha value is -2.40. The molecule has 5 nitrogen and oxygen atoms in total. The molecule has 25 heavy (non-hydrogen) atoms. The molecule has 1 aliphatic rings. The van der Waals surface area contributed by atoms with Crippen LogP contribution < -0.4 is 0 Å². The molecule has 132 valence electrons. The van der Waals surface area contributed by atoms with Gasteiger partial charge in [0.2, 0.25) is 0 Å². The monoisotopic (exact) mass is 339 g/mol. The van der Waals surface area contributed by atoms with Crippen molar-refractivity contribution in [1.82, 2.24) is 14.7 Å². The van der Waals surface area contributed by atoms with Crippen LogP contribution in [-0.4, -0.2) is 46.4 Å². The number of benzene rings is 1. The van der Waals surface area contributed by atoms with Crippen LogP contribution in [0.1, 0.15) is 35.8 Å².